The van der Waals surface area contributed by atoms with Gasteiger partial charge in [-0.15, -0.1) is 0 Å². The zero-order valence-electron chi connectivity index (χ0n) is 13.5. The molecule has 0 aromatic heterocycles. The van der Waals surface area contributed by atoms with Gasteiger partial charge in [-0.1, -0.05) is 51.1 Å². The molecule has 0 spiro atoms. The highest BCUT2D eigenvalue weighted by Crippen LogP contribution is 2.20. The minimum Gasteiger partial charge on any atom is -0.484 e. The Labute approximate surface area is 131 Å². The first-order chi connectivity index (χ1) is 10.4. The van der Waals surface area contributed by atoms with E-state index in [1.54, 1.807) is 0 Å². The van der Waals surface area contributed by atoms with Crippen LogP contribution in [0.4, 0.5) is 0 Å². The number of hydrogen-bond acceptors (Lipinski definition) is 3. The quantitative estimate of drug-likeness (QED) is 0.690. The maximum absolute atomic E-state index is 11.8. The Morgan fingerprint density at radius 1 is 1.14 bits per heavy atom. The Hall–Kier alpha value is -2.36. The molecule has 1 amide bonds. The van der Waals surface area contributed by atoms with Crippen molar-refractivity contribution in [2.75, 3.05) is 6.61 Å². The van der Waals surface area contributed by atoms with Gasteiger partial charge in [0.15, 0.2) is 6.61 Å². The van der Waals surface area contributed by atoms with Crippen molar-refractivity contribution in [3.05, 3.63) is 42.5 Å². The summed E-state index contributed by atoms with van der Waals surface area (Å²) >= 11 is 0. The van der Waals surface area contributed by atoms with E-state index in [9.17, 15) is 4.79 Å². The highest BCUT2D eigenvalue weighted by Gasteiger charge is 2.14. The van der Waals surface area contributed by atoms with Gasteiger partial charge in [0, 0.05) is 11.1 Å². The fourth-order valence-electron chi connectivity index (χ4n) is 1.75. The van der Waals surface area contributed by atoms with E-state index in [1.165, 1.54) is 0 Å². The van der Waals surface area contributed by atoms with Crippen molar-refractivity contribution < 1.29 is 9.53 Å². The number of benzene rings is 2. The summed E-state index contributed by atoms with van der Waals surface area (Å²) in [6, 6.07) is 13.8. The molecular weight excluding hydrogens is 276 g/mol. The Morgan fingerprint density at radius 3 is 2.50 bits per heavy atom. The van der Waals surface area contributed by atoms with E-state index < -0.39 is 0 Å². The molecule has 0 atom stereocenters. The molecule has 2 aromatic rings. The molecule has 0 saturated heterocycles. The van der Waals surface area contributed by atoms with E-state index in [-0.39, 0.29) is 17.9 Å². The van der Waals surface area contributed by atoms with Crippen LogP contribution in [0.15, 0.2) is 47.6 Å². The third-order valence-corrected chi connectivity index (χ3v) is 3.52. The van der Waals surface area contributed by atoms with Gasteiger partial charge < -0.3 is 4.74 Å². The van der Waals surface area contributed by atoms with Crippen LogP contribution in [0.25, 0.3) is 10.8 Å². The van der Waals surface area contributed by atoms with Crippen molar-refractivity contribution in [1.29, 1.82) is 0 Å². The minimum atomic E-state index is -0.267. The predicted molar refractivity (Wildman–Crippen MR) is 90.1 cm³/mol. The number of nitrogens with zero attached hydrogens (tertiary/aromatic N) is 1. The standard InChI is InChI=1S/C18H22N2O2/c1-13(18(2,3)4)19-20-17(21)12-22-16-10-9-14-7-5-6-8-15(14)11-16/h5-11H,12H2,1-4H3,(H,20,21)/b19-13+. The first-order valence-electron chi connectivity index (χ1n) is 7.31. The summed E-state index contributed by atoms with van der Waals surface area (Å²) in [6.45, 7) is 7.97. The molecule has 22 heavy (non-hydrogen) atoms. The average molecular weight is 298 g/mol. The normalized spacial score (nSPS) is 12.3. The van der Waals surface area contributed by atoms with Gasteiger partial charge in [-0.05, 0) is 29.8 Å². The zero-order valence-corrected chi connectivity index (χ0v) is 13.5. The lowest BCUT2D eigenvalue weighted by molar-refractivity contribution is -0.123. The molecule has 116 valence electrons. The van der Waals surface area contributed by atoms with Gasteiger partial charge in [-0.3, -0.25) is 4.79 Å². The van der Waals surface area contributed by atoms with Gasteiger partial charge >= 0.3 is 0 Å². The Kier molecular flexibility index (Phi) is 4.81. The monoisotopic (exact) mass is 298 g/mol. The molecule has 0 aliphatic heterocycles. The first-order valence-corrected chi connectivity index (χ1v) is 7.31. The highest BCUT2D eigenvalue weighted by atomic mass is 16.5. The number of nitrogens with one attached hydrogen (secondary N) is 1. The molecule has 0 aliphatic carbocycles. The molecule has 4 heteroatoms. The van der Waals surface area contributed by atoms with Gasteiger partial charge in [-0.25, -0.2) is 5.43 Å². The number of hydrogen-bond donors (Lipinski definition) is 1. The number of hydrazone groups is 1. The fourth-order valence-corrected chi connectivity index (χ4v) is 1.75. The van der Waals surface area contributed by atoms with Crippen LogP contribution in [0.2, 0.25) is 0 Å². The van der Waals surface area contributed by atoms with E-state index in [4.69, 9.17) is 4.74 Å². The second kappa shape index (κ2) is 6.60. The summed E-state index contributed by atoms with van der Waals surface area (Å²) in [5, 5.41) is 6.32. The highest BCUT2D eigenvalue weighted by molar-refractivity contribution is 5.88. The van der Waals surface area contributed by atoms with Crippen molar-refractivity contribution in [3.63, 3.8) is 0 Å². The maximum Gasteiger partial charge on any atom is 0.277 e. The molecule has 0 aliphatic rings. The second-order valence-corrected chi connectivity index (χ2v) is 6.28. The summed E-state index contributed by atoms with van der Waals surface area (Å²) in [4.78, 5) is 11.8. The van der Waals surface area contributed by atoms with E-state index in [1.807, 2.05) is 70.2 Å². The molecule has 0 saturated carbocycles. The number of ether oxygens (including phenoxy) is 1. The summed E-state index contributed by atoms with van der Waals surface area (Å²) < 4.78 is 5.51. The predicted octanol–water partition coefficient (Wildman–Crippen LogP) is 3.76. The summed E-state index contributed by atoms with van der Waals surface area (Å²) in [6.07, 6.45) is 0. The molecule has 0 unspecified atom stereocenters. The van der Waals surface area contributed by atoms with Crippen LogP contribution in [-0.2, 0) is 4.79 Å². The molecule has 0 heterocycles. The Bertz CT molecular complexity index is 700. The zero-order chi connectivity index (χ0) is 16.2. The summed E-state index contributed by atoms with van der Waals surface area (Å²) in [5.41, 5.74) is 3.32. The van der Waals surface area contributed by atoms with Crippen molar-refractivity contribution in [2.45, 2.75) is 27.7 Å². The first kappa shape index (κ1) is 16.0. The lowest BCUT2D eigenvalue weighted by atomic mass is 9.91. The van der Waals surface area contributed by atoms with Crippen molar-refractivity contribution in [2.24, 2.45) is 10.5 Å². The maximum atomic E-state index is 11.8. The minimum absolute atomic E-state index is 0.0563. The van der Waals surface area contributed by atoms with Crippen LogP contribution >= 0.6 is 0 Å². The van der Waals surface area contributed by atoms with Crippen LogP contribution in [0.1, 0.15) is 27.7 Å². The average Bonchev–Trinajstić information content (AvgIpc) is 2.49. The molecule has 2 rings (SSSR count). The molecule has 2 aromatic carbocycles. The smallest absolute Gasteiger partial charge is 0.277 e. The van der Waals surface area contributed by atoms with Crippen LogP contribution in [0.5, 0.6) is 5.75 Å². The largest absolute Gasteiger partial charge is 0.484 e. The third-order valence-electron chi connectivity index (χ3n) is 3.52. The van der Waals surface area contributed by atoms with Crippen molar-refractivity contribution in [1.82, 2.24) is 5.43 Å². The Morgan fingerprint density at radius 2 is 1.82 bits per heavy atom. The van der Waals surface area contributed by atoms with Crippen LogP contribution in [-0.4, -0.2) is 18.2 Å². The van der Waals surface area contributed by atoms with Crippen LogP contribution in [0.3, 0.4) is 0 Å². The molecule has 1 N–H and O–H groups in total. The molecular formula is C18H22N2O2. The fraction of sp³-hybridized carbons (Fsp3) is 0.333. The van der Waals surface area contributed by atoms with Gasteiger partial charge in [-0.2, -0.15) is 5.10 Å². The van der Waals surface area contributed by atoms with Gasteiger partial charge in [0.1, 0.15) is 5.75 Å². The van der Waals surface area contributed by atoms with Crippen LogP contribution in [0, 0.1) is 5.41 Å². The topological polar surface area (TPSA) is 50.7 Å². The van der Waals surface area contributed by atoms with Crippen LogP contribution < -0.4 is 10.2 Å². The second-order valence-electron chi connectivity index (χ2n) is 6.28. The van der Waals surface area contributed by atoms with Gasteiger partial charge in [0.25, 0.3) is 5.91 Å². The van der Waals surface area contributed by atoms with Crippen molar-refractivity contribution in [3.8, 4) is 5.75 Å². The van der Waals surface area contributed by atoms with E-state index in [0.717, 1.165) is 16.5 Å². The van der Waals surface area contributed by atoms with E-state index in [2.05, 4.69) is 10.5 Å². The lowest BCUT2D eigenvalue weighted by Crippen LogP contribution is -2.28. The van der Waals surface area contributed by atoms with Crippen molar-refractivity contribution >= 4 is 22.4 Å². The number of carbonyl (C=O) groups is 1. The summed E-state index contributed by atoms with van der Waals surface area (Å²) in [5.74, 6) is 0.405. The lowest BCUT2D eigenvalue weighted by Gasteiger charge is -2.17. The SMILES string of the molecule is C/C(=N\NC(=O)COc1ccc2ccccc2c1)C(C)(C)C. The number of fused-ring (bicyclic) bond motifs is 1. The van der Waals surface area contributed by atoms with E-state index >= 15 is 0 Å². The van der Waals surface area contributed by atoms with Gasteiger partial charge in [0.2, 0.25) is 0 Å². The molecule has 0 bridgehead atoms. The summed E-state index contributed by atoms with van der Waals surface area (Å²) in [7, 11) is 0. The number of amides is 1. The van der Waals surface area contributed by atoms with E-state index in [0.29, 0.717) is 5.75 Å². The molecule has 0 radical (unpaired) electrons. The molecule has 4 nitrogen and oxygen atoms in total. The number of rotatable bonds is 4. The third kappa shape index (κ3) is 4.32. The van der Waals surface area contributed by atoms with Gasteiger partial charge in [0.05, 0.1) is 0 Å². The molecule has 0 fully saturated rings. The number of carbonyl (C=O) groups excluding carboxylic acids is 1. The Balaban J connectivity index is 1.93.